The third kappa shape index (κ3) is 2.57. The second-order valence-electron chi connectivity index (χ2n) is 3.18. The Morgan fingerprint density at radius 1 is 1.00 bits per heavy atom. The highest BCUT2D eigenvalue weighted by molar-refractivity contribution is 5.50. The van der Waals surface area contributed by atoms with Gasteiger partial charge in [0, 0.05) is 12.5 Å². The van der Waals surface area contributed by atoms with Crippen LogP contribution in [0, 0.1) is 11.3 Å². The molecule has 0 aliphatic rings. The molecule has 0 amide bonds. The van der Waals surface area contributed by atoms with Gasteiger partial charge >= 0.3 is 0 Å². The molecular weight excluding hydrogens is 206 g/mol. The molecule has 1 rings (SSSR count). The Bertz CT molecular complexity index is 396. The summed E-state index contributed by atoms with van der Waals surface area (Å²) in [4.78, 5) is 0. The first kappa shape index (κ1) is 12.2. The molecule has 0 aliphatic heterocycles. The second-order valence-corrected chi connectivity index (χ2v) is 3.18. The Balaban J connectivity index is 3.11. The van der Waals surface area contributed by atoms with Crippen LogP contribution < -0.4 is 14.2 Å². The molecule has 4 heteroatoms. The molecule has 0 saturated heterocycles. The van der Waals surface area contributed by atoms with E-state index in [0.29, 0.717) is 30.1 Å². The minimum atomic E-state index is 0.450. The van der Waals surface area contributed by atoms with Crippen molar-refractivity contribution in [1.29, 1.82) is 5.26 Å². The number of rotatable bonds is 5. The van der Waals surface area contributed by atoms with Crippen molar-refractivity contribution in [3.8, 4) is 23.3 Å². The molecule has 1 aromatic carbocycles. The van der Waals surface area contributed by atoms with E-state index in [9.17, 15) is 0 Å². The van der Waals surface area contributed by atoms with Crippen molar-refractivity contribution < 1.29 is 14.2 Å². The van der Waals surface area contributed by atoms with Crippen LogP contribution >= 0.6 is 0 Å². The number of aryl methyl sites for hydroxylation is 1. The first-order valence-electron chi connectivity index (χ1n) is 4.92. The van der Waals surface area contributed by atoms with E-state index in [0.717, 1.165) is 5.56 Å². The molecule has 0 N–H and O–H groups in total. The lowest BCUT2D eigenvalue weighted by molar-refractivity contribution is 0.347. The molecule has 0 saturated carbocycles. The molecule has 0 spiro atoms. The fourth-order valence-electron chi connectivity index (χ4n) is 1.48. The predicted octanol–water partition coefficient (Wildman–Crippen LogP) is 2.17. The summed E-state index contributed by atoms with van der Waals surface area (Å²) < 4.78 is 15.6. The molecule has 86 valence electrons. The fourth-order valence-corrected chi connectivity index (χ4v) is 1.48. The summed E-state index contributed by atoms with van der Waals surface area (Å²) in [5.74, 6) is 1.99. The van der Waals surface area contributed by atoms with Gasteiger partial charge in [-0.3, -0.25) is 0 Å². The van der Waals surface area contributed by atoms with Gasteiger partial charge in [-0.05, 0) is 18.1 Å². The van der Waals surface area contributed by atoms with Gasteiger partial charge in [-0.15, -0.1) is 0 Å². The van der Waals surface area contributed by atoms with Crippen LogP contribution in [0.2, 0.25) is 0 Å². The van der Waals surface area contributed by atoms with Gasteiger partial charge in [0.15, 0.2) is 11.5 Å². The maximum absolute atomic E-state index is 8.57. The zero-order chi connectivity index (χ0) is 12.0. The molecule has 1 aromatic rings. The molecule has 0 heterocycles. The largest absolute Gasteiger partial charge is 0.496 e. The summed E-state index contributed by atoms with van der Waals surface area (Å²) in [5.41, 5.74) is 0.946. The molecule has 0 fully saturated rings. The van der Waals surface area contributed by atoms with Crippen LogP contribution in [-0.2, 0) is 6.42 Å². The van der Waals surface area contributed by atoms with E-state index in [1.165, 1.54) is 0 Å². The number of hydrogen-bond donors (Lipinski definition) is 0. The number of hydrogen-bond acceptors (Lipinski definition) is 4. The zero-order valence-corrected chi connectivity index (χ0v) is 9.74. The standard InChI is InChI=1S/C12H15NO3/c1-14-10-8-12(16-3)11(15-2)7-9(10)5-4-6-13/h7-8H,4-5H2,1-3H3. The highest BCUT2D eigenvalue weighted by Crippen LogP contribution is 2.34. The maximum Gasteiger partial charge on any atom is 0.164 e. The van der Waals surface area contributed by atoms with Crippen LogP contribution in [0.4, 0.5) is 0 Å². The van der Waals surface area contributed by atoms with E-state index in [2.05, 4.69) is 6.07 Å². The van der Waals surface area contributed by atoms with Gasteiger partial charge in [-0.2, -0.15) is 5.26 Å². The van der Waals surface area contributed by atoms with Crippen molar-refractivity contribution in [2.24, 2.45) is 0 Å². The lowest BCUT2D eigenvalue weighted by Crippen LogP contribution is -1.97. The molecule has 0 atom stereocenters. The van der Waals surface area contributed by atoms with Gasteiger partial charge in [0.25, 0.3) is 0 Å². The summed E-state index contributed by atoms with van der Waals surface area (Å²) in [6.45, 7) is 0. The third-order valence-corrected chi connectivity index (χ3v) is 2.29. The highest BCUT2D eigenvalue weighted by atomic mass is 16.5. The SMILES string of the molecule is COc1cc(OC)c(OC)cc1CCC#N. The number of methoxy groups -OCH3 is 3. The van der Waals surface area contributed by atoms with E-state index in [4.69, 9.17) is 19.5 Å². The van der Waals surface area contributed by atoms with E-state index in [1.54, 1.807) is 27.4 Å². The average molecular weight is 221 g/mol. The van der Waals surface area contributed by atoms with Crippen LogP contribution in [-0.4, -0.2) is 21.3 Å². The number of nitrogens with zero attached hydrogens (tertiary/aromatic N) is 1. The highest BCUT2D eigenvalue weighted by Gasteiger charge is 2.11. The summed E-state index contributed by atoms with van der Waals surface area (Å²) in [5, 5.41) is 8.57. The topological polar surface area (TPSA) is 51.5 Å². The van der Waals surface area contributed by atoms with Crippen LogP contribution in [0.25, 0.3) is 0 Å². The van der Waals surface area contributed by atoms with Crippen LogP contribution in [0.5, 0.6) is 17.2 Å². The monoisotopic (exact) mass is 221 g/mol. The van der Waals surface area contributed by atoms with Crippen molar-refractivity contribution in [3.05, 3.63) is 17.7 Å². The zero-order valence-electron chi connectivity index (χ0n) is 9.74. The molecule has 0 bridgehead atoms. The molecule has 0 aliphatic carbocycles. The normalized spacial score (nSPS) is 9.38. The Morgan fingerprint density at radius 3 is 2.06 bits per heavy atom. The smallest absolute Gasteiger partial charge is 0.164 e. The molecule has 16 heavy (non-hydrogen) atoms. The van der Waals surface area contributed by atoms with Gasteiger partial charge in [-0.1, -0.05) is 0 Å². The Morgan fingerprint density at radius 2 is 1.56 bits per heavy atom. The quantitative estimate of drug-likeness (QED) is 0.764. The van der Waals surface area contributed by atoms with Gasteiger partial charge in [-0.25, -0.2) is 0 Å². The minimum absolute atomic E-state index is 0.450. The average Bonchev–Trinajstić information content (AvgIpc) is 2.35. The van der Waals surface area contributed by atoms with Gasteiger partial charge in [0.2, 0.25) is 0 Å². The number of nitriles is 1. The molecular formula is C12H15NO3. The van der Waals surface area contributed by atoms with Crippen molar-refractivity contribution in [3.63, 3.8) is 0 Å². The number of benzene rings is 1. The number of ether oxygens (including phenoxy) is 3. The molecule has 4 nitrogen and oxygen atoms in total. The van der Waals surface area contributed by atoms with Gasteiger partial charge in [0.05, 0.1) is 27.4 Å². The lowest BCUT2D eigenvalue weighted by Gasteiger charge is -2.13. The summed E-state index contributed by atoms with van der Waals surface area (Å²) in [7, 11) is 4.75. The minimum Gasteiger partial charge on any atom is -0.496 e. The van der Waals surface area contributed by atoms with E-state index in [-0.39, 0.29) is 0 Å². The Kier molecular flexibility index (Phi) is 4.46. The van der Waals surface area contributed by atoms with Crippen molar-refractivity contribution >= 4 is 0 Å². The van der Waals surface area contributed by atoms with Gasteiger partial charge < -0.3 is 14.2 Å². The first-order chi connectivity index (χ1) is 7.76. The predicted molar refractivity (Wildman–Crippen MR) is 60.0 cm³/mol. The van der Waals surface area contributed by atoms with E-state index >= 15 is 0 Å². The third-order valence-electron chi connectivity index (χ3n) is 2.29. The lowest BCUT2D eigenvalue weighted by atomic mass is 10.1. The summed E-state index contributed by atoms with van der Waals surface area (Å²) in [6, 6.07) is 5.72. The second kappa shape index (κ2) is 5.86. The molecule has 0 radical (unpaired) electrons. The van der Waals surface area contributed by atoms with Crippen molar-refractivity contribution in [2.45, 2.75) is 12.8 Å². The Labute approximate surface area is 95.4 Å². The Hall–Kier alpha value is -1.89. The van der Waals surface area contributed by atoms with Crippen LogP contribution in [0.15, 0.2) is 12.1 Å². The van der Waals surface area contributed by atoms with Gasteiger partial charge in [0.1, 0.15) is 5.75 Å². The van der Waals surface area contributed by atoms with Crippen molar-refractivity contribution in [1.82, 2.24) is 0 Å². The van der Waals surface area contributed by atoms with Crippen LogP contribution in [0.3, 0.4) is 0 Å². The van der Waals surface area contributed by atoms with E-state index < -0.39 is 0 Å². The first-order valence-corrected chi connectivity index (χ1v) is 4.92. The summed E-state index contributed by atoms with van der Waals surface area (Å²) >= 11 is 0. The molecule has 0 unspecified atom stereocenters. The maximum atomic E-state index is 8.57. The fraction of sp³-hybridized carbons (Fsp3) is 0.417. The van der Waals surface area contributed by atoms with Crippen molar-refractivity contribution in [2.75, 3.05) is 21.3 Å². The summed E-state index contributed by atoms with van der Waals surface area (Å²) in [6.07, 6.45) is 1.09. The van der Waals surface area contributed by atoms with Crippen LogP contribution in [0.1, 0.15) is 12.0 Å². The van der Waals surface area contributed by atoms with E-state index in [1.807, 2.05) is 6.07 Å². The molecule has 0 aromatic heterocycles.